The quantitative estimate of drug-likeness (QED) is 0.590. The van der Waals surface area contributed by atoms with Crippen molar-refractivity contribution in [1.29, 1.82) is 0 Å². The van der Waals surface area contributed by atoms with E-state index in [0.29, 0.717) is 41.8 Å². The lowest BCUT2D eigenvalue weighted by Crippen LogP contribution is -2.32. The molecule has 166 valence electrons. The standard InChI is InChI=1S/C23H27NO6S/c1-28-22-15-18(7-10-20(22)29-13-14-31(2,26)27)24-12-11-21(23(24)25)30-19-8-5-17(6-9-19)16-3-4-16/h5-10,15-16,21H,3-4,11-14H2,1-2H3. The number of rotatable bonds is 9. The lowest BCUT2D eigenvalue weighted by atomic mass is 10.1. The molecule has 1 heterocycles. The van der Waals surface area contributed by atoms with Crippen molar-refractivity contribution in [3.63, 3.8) is 0 Å². The van der Waals surface area contributed by atoms with Gasteiger partial charge >= 0.3 is 0 Å². The van der Waals surface area contributed by atoms with Crippen molar-refractivity contribution < 1.29 is 27.4 Å². The first-order valence-corrected chi connectivity index (χ1v) is 12.5. The zero-order chi connectivity index (χ0) is 22.0. The number of hydrogen-bond donors (Lipinski definition) is 0. The number of sulfone groups is 1. The highest BCUT2D eigenvalue weighted by Gasteiger charge is 2.35. The van der Waals surface area contributed by atoms with E-state index in [9.17, 15) is 13.2 Å². The van der Waals surface area contributed by atoms with Gasteiger partial charge in [-0.2, -0.15) is 0 Å². The summed E-state index contributed by atoms with van der Waals surface area (Å²) in [5.74, 6) is 2.09. The van der Waals surface area contributed by atoms with Crippen LogP contribution in [0.3, 0.4) is 0 Å². The second kappa shape index (κ2) is 8.78. The number of nitrogens with zero attached hydrogens (tertiary/aromatic N) is 1. The van der Waals surface area contributed by atoms with Crippen molar-refractivity contribution in [2.75, 3.05) is 37.2 Å². The molecule has 0 N–H and O–H groups in total. The van der Waals surface area contributed by atoms with Gasteiger partial charge in [0.2, 0.25) is 0 Å². The van der Waals surface area contributed by atoms with Crippen molar-refractivity contribution in [2.24, 2.45) is 0 Å². The van der Waals surface area contributed by atoms with Crippen LogP contribution in [0.5, 0.6) is 17.2 Å². The van der Waals surface area contributed by atoms with E-state index < -0.39 is 15.9 Å². The third-order valence-electron chi connectivity index (χ3n) is 5.53. The maximum Gasteiger partial charge on any atom is 0.268 e. The van der Waals surface area contributed by atoms with Gasteiger partial charge in [0.25, 0.3) is 5.91 Å². The smallest absolute Gasteiger partial charge is 0.268 e. The molecule has 2 aromatic rings. The topological polar surface area (TPSA) is 82.1 Å². The molecule has 31 heavy (non-hydrogen) atoms. The number of hydrogen-bond acceptors (Lipinski definition) is 6. The van der Waals surface area contributed by atoms with Crippen LogP contribution in [-0.2, 0) is 14.6 Å². The monoisotopic (exact) mass is 445 g/mol. The fourth-order valence-corrected chi connectivity index (χ4v) is 4.05. The van der Waals surface area contributed by atoms with Gasteiger partial charge in [0.05, 0.1) is 12.9 Å². The van der Waals surface area contributed by atoms with Crippen LogP contribution in [0, 0.1) is 0 Å². The molecule has 0 radical (unpaired) electrons. The number of amides is 1. The van der Waals surface area contributed by atoms with Crippen LogP contribution in [0.15, 0.2) is 42.5 Å². The number of carbonyl (C=O) groups is 1. The SMILES string of the molecule is COc1cc(N2CCC(Oc3ccc(C4CC4)cc3)C2=O)ccc1OCCS(C)(=O)=O. The molecular weight excluding hydrogens is 418 g/mol. The second-order valence-corrected chi connectivity index (χ2v) is 10.3. The Hall–Kier alpha value is -2.74. The number of methoxy groups -OCH3 is 1. The summed E-state index contributed by atoms with van der Waals surface area (Å²) in [5, 5.41) is 0. The molecule has 0 aromatic heterocycles. The van der Waals surface area contributed by atoms with E-state index in [-0.39, 0.29) is 18.3 Å². The molecule has 2 aliphatic rings. The molecule has 2 fully saturated rings. The van der Waals surface area contributed by atoms with Crippen molar-refractivity contribution in [1.82, 2.24) is 0 Å². The van der Waals surface area contributed by atoms with Crippen LogP contribution >= 0.6 is 0 Å². The van der Waals surface area contributed by atoms with E-state index in [4.69, 9.17) is 14.2 Å². The van der Waals surface area contributed by atoms with Gasteiger partial charge in [-0.25, -0.2) is 8.42 Å². The number of benzene rings is 2. The first-order chi connectivity index (χ1) is 14.8. The van der Waals surface area contributed by atoms with E-state index in [1.807, 2.05) is 12.1 Å². The van der Waals surface area contributed by atoms with Crippen LogP contribution in [-0.4, -0.2) is 52.7 Å². The Balaban J connectivity index is 1.40. The van der Waals surface area contributed by atoms with Gasteiger partial charge in [0.15, 0.2) is 27.4 Å². The zero-order valence-corrected chi connectivity index (χ0v) is 18.6. The summed E-state index contributed by atoms with van der Waals surface area (Å²) in [4.78, 5) is 14.6. The van der Waals surface area contributed by atoms with Crippen molar-refractivity contribution >= 4 is 21.4 Å². The molecule has 4 rings (SSSR count). The third-order valence-corrected chi connectivity index (χ3v) is 6.44. The van der Waals surface area contributed by atoms with Gasteiger partial charge < -0.3 is 19.1 Å². The summed E-state index contributed by atoms with van der Waals surface area (Å²) in [6.45, 7) is 0.577. The number of ether oxygens (including phenoxy) is 3. The van der Waals surface area contributed by atoms with Crippen molar-refractivity contribution in [2.45, 2.75) is 31.3 Å². The minimum absolute atomic E-state index is 0.0344. The van der Waals surface area contributed by atoms with E-state index in [1.54, 1.807) is 23.1 Å². The predicted octanol–water partition coefficient (Wildman–Crippen LogP) is 3.18. The summed E-state index contributed by atoms with van der Waals surface area (Å²) in [6, 6.07) is 13.2. The van der Waals surface area contributed by atoms with Crippen molar-refractivity contribution in [3.8, 4) is 17.2 Å². The minimum atomic E-state index is -3.11. The van der Waals surface area contributed by atoms with Gasteiger partial charge in [-0.15, -0.1) is 0 Å². The Bertz CT molecular complexity index is 1050. The molecule has 1 saturated carbocycles. The number of anilines is 1. The normalized spacial score (nSPS) is 18.8. The molecule has 1 amide bonds. The summed E-state index contributed by atoms with van der Waals surface area (Å²) in [7, 11) is -1.61. The van der Waals surface area contributed by atoms with Gasteiger partial charge in [0, 0.05) is 31.0 Å². The fourth-order valence-electron chi connectivity index (χ4n) is 3.67. The van der Waals surface area contributed by atoms with E-state index in [0.717, 1.165) is 6.26 Å². The minimum Gasteiger partial charge on any atom is -0.493 e. The summed E-state index contributed by atoms with van der Waals surface area (Å²) in [5.41, 5.74) is 2.02. The lowest BCUT2D eigenvalue weighted by molar-refractivity contribution is -0.122. The first kappa shape index (κ1) is 21.5. The highest BCUT2D eigenvalue weighted by Crippen LogP contribution is 2.40. The molecule has 1 aliphatic heterocycles. The maximum absolute atomic E-state index is 12.9. The van der Waals surface area contributed by atoms with Crippen LogP contribution in [0.4, 0.5) is 5.69 Å². The summed E-state index contributed by atoms with van der Waals surface area (Å²) >= 11 is 0. The average Bonchev–Trinajstić information content (AvgIpc) is 3.53. The molecule has 1 saturated heterocycles. The molecule has 7 nitrogen and oxygen atoms in total. The molecule has 1 atom stereocenters. The molecule has 1 aliphatic carbocycles. The van der Waals surface area contributed by atoms with Gasteiger partial charge in [-0.05, 0) is 48.6 Å². The van der Waals surface area contributed by atoms with Crippen LogP contribution in [0.1, 0.15) is 30.7 Å². The highest BCUT2D eigenvalue weighted by atomic mass is 32.2. The van der Waals surface area contributed by atoms with Crippen molar-refractivity contribution in [3.05, 3.63) is 48.0 Å². The Morgan fingerprint density at radius 2 is 1.77 bits per heavy atom. The average molecular weight is 446 g/mol. The second-order valence-electron chi connectivity index (χ2n) is 8.04. The zero-order valence-electron chi connectivity index (χ0n) is 17.7. The van der Waals surface area contributed by atoms with E-state index in [2.05, 4.69) is 12.1 Å². The Morgan fingerprint density at radius 3 is 2.42 bits per heavy atom. The Morgan fingerprint density at radius 1 is 1.03 bits per heavy atom. The number of carbonyl (C=O) groups excluding carboxylic acids is 1. The molecular formula is C23H27NO6S. The van der Waals surface area contributed by atoms with Gasteiger partial charge in [-0.1, -0.05) is 12.1 Å². The highest BCUT2D eigenvalue weighted by molar-refractivity contribution is 7.90. The lowest BCUT2D eigenvalue weighted by Gasteiger charge is -2.19. The largest absolute Gasteiger partial charge is 0.493 e. The van der Waals surface area contributed by atoms with Crippen LogP contribution in [0.2, 0.25) is 0 Å². The summed E-state index contributed by atoms with van der Waals surface area (Å²) in [6.07, 6.45) is 3.74. The van der Waals surface area contributed by atoms with Crippen LogP contribution < -0.4 is 19.1 Å². The molecule has 8 heteroatoms. The molecule has 0 bridgehead atoms. The maximum atomic E-state index is 12.9. The Labute approximate surface area is 182 Å². The molecule has 0 spiro atoms. The Kier molecular flexibility index (Phi) is 6.09. The molecule has 1 unspecified atom stereocenters. The molecule has 2 aromatic carbocycles. The van der Waals surface area contributed by atoms with Gasteiger partial charge in [0.1, 0.15) is 12.4 Å². The first-order valence-electron chi connectivity index (χ1n) is 10.4. The third kappa shape index (κ3) is 5.31. The summed E-state index contributed by atoms with van der Waals surface area (Å²) < 4.78 is 39.4. The van der Waals surface area contributed by atoms with Gasteiger partial charge in [-0.3, -0.25) is 4.79 Å². The van der Waals surface area contributed by atoms with E-state index >= 15 is 0 Å². The van der Waals surface area contributed by atoms with Crippen LogP contribution in [0.25, 0.3) is 0 Å². The fraction of sp³-hybridized carbons (Fsp3) is 0.435. The van der Waals surface area contributed by atoms with E-state index in [1.165, 1.54) is 25.5 Å². The predicted molar refractivity (Wildman–Crippen MR) is 118 cm³/mol.